The van der Waals surface area contributed by atoms with Gasteiger partial charge in [0.2, 0.25) is 11.8 Å². The number of hydrogen-bond acceptors (Lipinski definition) is 4. The van der Waals surface area contributed by atoms with Gasteiger partial charge in [-0.15, -0.1) is 0 Å². The fraction of sp³-hybridized carbons (Fsp3) is 0.526. The number of aliphatic carboxylic acids is 1. The molecule has 8 nitrogen and oxygen atoms in total. The lowest BCUT2D eigenvalue weighted by atomic mass is 9.71. The molecule has 0 aromatic heterocycles. The van der Waals surface area contributed by atoms with Crippen LogP contribution in [0.4, 0.5) is 4.79 Å². The van der Waals surface area contributed by atoms with Gasteiger partial charge in [0, 0.05) is 6.54 Å². The third-order valence-corrected chi connectivity index (χ3v) is 5.39. The first-order valence-electron chi connectivity index (χ1n) is 9.17. The first kappa shape index (κ1) is 19.0. The molecule has 1 saturated carbocycles. The number of nitrogens with zero attached hydrogens (tertiary/aromatic N) is 2. The average Bonchev–Trinajstić information content (AvgIpc) is 2.64. The normalized spacial score (nSPS) is 23.6. The Morgan fingerprint density at radius 2 is 1.96 bits per heavy atom. The van der Waals surface area contributed by atoms with Gasteiger partial charge in [0.1, 0.15) is 6.54 Å². The summed E-state index contributed by atoms with van der Waals surface area (Å²) in [5.41, 5.74) is -0.0792. The maximum absolute atomic E-state index is 12.5. The van der Waals surface area contributed by atoms with Gasteiger partial charge in [-0.25, -0.2) is 4.79 Å². The molecular formula is C19H23N3O5. The molecular weight excluding hydrogens is 350 g/mol. The Morgan fingerprint density at radius 3 is 2.67 bits per heavy atom. The van der Waals surface area contributed by atoms with Crippen molar-refractivity contribution in [3.05, 3.63) is 24.3 Å². The molecule has 144 valence electrons. The second kappa shape index (κ2) is 7.85. The zero-order valence-electron chi connectivity index (χ0n) is 15.0. The van der Waals surface area contributed by atoms with Crippen LogP contribution in [0.5, 0.6) is 0 Å². The van der Waals surface area contributed by atoms with E-state index >= 15 is 0 Å². The van der Waals surface area contributed by atoms with Crippen molar-refractivity contribution >= 4 is 29.5 Å². The fourth-order valence-electron chi connectivity index (χ4n) is 3.95. The summed E-state index contributed by atoms with van der Waals surface area (Å²) in [6.45, 7) is -0.180. The van der Waals surface area contributed by atoms with Crippen LogP contribution >= 0.6 is 0 Å². The Kier molecular flexibility index (Phi) is 5.53. The Morgan fingerprint density at radius 1 is 1.22 bits per heavy atom. The molecule has 27 heavy (non-hydrogen) atoms. The van der Waals surface area contributed by atoms with E-state index in [0.29, 0.717) is 5.71 Å². The summed E-state index contributed by atoms with van der Waals surface area (Å²) in [7, 11) is 0. The molecule has 0 saturated heterocycles. The highest BCUT2D eigenvalue weighted by atomic mass is 16.4. The first-order chi connectivity index (χ1) is 12.9. The molecule has 1 fully saturated rings. The average molecular weight is 373 g/mol. The number of allylic oxidation sites excluding steroid dienone is 3. The van der Waals surface area contributed by atoms with E-state index in [1.54, 1.807) is 24.3 Å². The van der Waals surface area contributed by atoms with Crippen LogP contribution in [-0.2, 0) is 14.4 Å². The zero-order valence-corrected chi connectivity index (χ0v) is 15.0. The number of carbonyl (C=O) groups excluding carboxylic acids is 3. The highest BCUT2D eigenvalue weighted by Crippen LogP contribution is 2.38. The standard InChI is InChI=1S/C19H23N3O5/c23-15(20-12-19(10-16(24)25)8-4-1-5-9-19)11-22-17(26)13-6-2-3-7-14(13)21-18(22)27/h2-3,6-7,13H,1,4-5,8-12H2,(H,20,23)(H,24,25). The number of hydrogen-bond donors (Lipinski definition) is 2. The summed E-state index contributed by atoms with van der Waals surface area (Å²) in [5, 5.41) is 11.9. The number of amides is 4. The van der Waals surface area contributed by atoms with Gasteiger partial charge in [0.25, 0.3) is 0 Å². The van der Waals surface area contributed by atoms with Crippen molar-refractivity contribution in [1.29, 1.82) is 0 Å². The van der Waals surface area contributed by atoms with Crippen LogP contribution in [0, 0.1) is 11.3 Å². The second-order valence-corrected chi connectivity index (χ2v) is 7.37. The third-order valence-electron chi connectivity index (χ3n) is 5.39. The highest BCUT2D eigenvalue weighted by Gasteiger charge is 2.38. The Bertz CT molecular complexity index is 746. The molecule has 2 aliphatic carbocycles. The summed E-state index contributed by atoms with van der Waals surface area (Å²) < 4.78 is 0. The number of nitrogens with one attached hydrogen (secondary N) is 1. The fourth-order valence-corrected chi connectivity index (χ4v) is 3.95. The molecule has 0 aromatic rings. The minimum Gasteiger partial charge on any atom is -0.481 e. The molecule has 4 amide bonds. The predicted molar refractivity (Wildman–Crippen MR) is 97.1 cm³/mol. The summed E-state index contributed by atoms with van der Waals surface area (Å²) >= 11 is 0. The van der Waals surface area contributed by atoms with Gasteiger partial charge in [-0.1, -0.05) is 37.5 Å². The molecule has 1 heterocycles. The molecule has 0 bridgehead atoms. The van der Waals surface area contributed by atoms with Gasteiger partial charge in [-0.3, -0.25) is 19.3 Å². The van der Waals surface area contributed by atoms with Crippen LogP contribution in [0.15, 0.2) is 29.3 Å². The minimum absolute atomic E-state index is 0.00170. The predicted octanol–water partition coefficient (Wildman–Crippen LogP) is 1.67. The van der Waals surface area contributed by atoms with Crippen molar-refractivity contribution in [2.24, 2.45) is 16.3 Å². The number of carboxylic acids is 1. The Hall–Kier alpha value is -2.77. The molecule has 1 aliphatic heterocycles. The van der Waals surface area contributed by atoms with Crippen molar-refractivity contribution in [2.45, 2.75) is 38.5 Å². The molecule has 0 spiro atoms. The van der Waals surface area contributed by atoms with Crippen LogP contribution in [-0.4, -0.2) is 52.6 Å². The maximum Gasteiger partial charge on any atom is 0.351 e. The van der Waals surface area contributed by atoms with E-state index in [0.717, 1.165) is 37.0 Å². The number of aliphatic imine (C=N–C) groups is 1. The van der Waals surface area contributed by atoms with Crippen LogP contribution in [0.1, 0.15) is 38.5 Å². The molecule has 2 N–H and O–H groups in total. The van der Waals surface area contributed by atoms with Gasteiger partial charge in [0.05, 0.1) is 18.1 Å². The summed E-state index contributed by atoms with van der Waals surface area (Å²) in [5.74, 6) is -2.48. The first-order valence-corrected chi connectivity index (χ1v) is 9.17. The van der Waals surface area contributed by atoms with E-state index in [-0.39, 0.29) is 13.0 Å². The summed E-state index contributed by atoms with van der Waals surface area (Å²) in [4.78, 5) is 52.9. The van der Waals surface area contributed by atoms with E-state index in [2.05, 4.69) is 10.3 Å². The minimum atomic E-state index is -0.883. The van der Waals surface area contributed by atoms with Crippen molar-refractivity contribution < 1.29 is 24.3 Å². The monoisotopic (exact) mass is 373 g/mol. The van der Waals surface area contributed by atoms with Crippen LogP contribution < -0.4 is 5.32 Å². The van der Waals surface area contributed by atoms with Gasteiger partial charge in [0.15, 0.2) is 0 Å². The van der Waals surface area contributed by atoms with E-state index in [1.807, 2.05) is 0 Å². The maximum atomic E-state index is 12.5. The number of rotatable bonds is 6. The Labute approximate surface area is 157 Å². The lowest BCUT2D eigenvalue weighted by molar-refractivity contribution is -0.140. The SMILES string of the molecule is O=C(O)CC1(CNC(=O)CN2C(=O)N=C3C=CC=CC3C2=O)CCCCC1. The van der Waals surface area contributed by atoms with E-state index < -0.39 is 41.7 Å². The highest BCUT2D eigenvalue weighted by molar-refractivity contribution is 6.22. The van der Waals surface area contributed by atoms with Crippen molar-refractivity contribution in [2.75, 3.05) is 13.1 Å². The van der Waals surface area contributed by atoms with Crippen LogP contribution in [0.25, 0.3) is 0 Å². The van der Waals surface area contributed by atoms with E-state index in [1.165, 1.54) is 0 Å². The Balaban J connectivity index is 1.61. The summed E-state index contributed by atoms with van der Waals surface area (Å²) in [6, 6.07) is -0.751. The third kappa shape index (κ3) is 4.32. The van der Waals surface area contributed by atoms with Crippen molar-refractivity contribution in [1.82, 2.24) is 10.2 Å². The molecule has 0 aromatic carbocycles. The molecule has 8 heteroatoms. The molecule has 0 radical (unpaired) electrons. The second-order valence-electron chi connectivity index (χ2n) is 7.37. The van der Waals surface area contributed by atoms with Gasteiger partial charge in [-0.2, -0.15) is 4.99 Å². The van der Waals surface area contributed by atoms with Crippen molar-refractivity contribution in [3.63, 3.8) is 0 Å². The number of carboxylic acid groups (broad SMARTS) is 1. The molecule has 1 atom stereocenters. The molecule has 3 aliphatic rings. The van der Waals surface area contributed by atoms with Crippen LogP contribution in [0.3, 0.4) is 0 Å². The topological polar surface area (TPSA) is 116 Å². The number of fused-ring (bicyclic) bond motifs is 1. The quantitative estimate of drug-likeness (QED) is 0.735. The summed E-state index contributed by atoms with van der Waals surface area (Å²) in [6.07, 6.45) is 11.1. The number of imide groups is 1. The van der Waals surface area contributed by atoms with E-state index in [9.17, 15) is 24.3 Å². The van der Waals surface area contributed by atoms with Gasteiger partial charge in [-0.05, 0) is 24.3 Å². The number of carbonyl (C=O) groups is 4. The number of urea groups is 1. The lowest BCUT2D eigenvalue weighted by Gasteiger charge is -2.36. The zero-order chi connectivity index (χ0) is 19.4. The smallest absolute Gasteiger partial charge is 0.351 e. The molecule has 3 rings (SSSR count). The molecule has 1 unspecified atom stereocenters. The lowest BCUT2D eigenvalue weighted by Crippen LogP contribution is -2.51. The van der Waals surface area contributed by atoms with E-state index in [4.69, 9.17) is 0 Å². The van der Waals surface area contributed by atoms with Crippen LogP contribution in [0.2, 0.25) is 0 Å². The van der Waals surface area contributed by atoms with Gasteiger partial charge < -0.3 is 10.4 Å². The largest absolute Gasteiger partial charge is 0.481 e. The van der Waals surface area contributed by atoms with Crippen molar-refractivity contribution in [3.8, 4) is 0 Å². The van der Waals surface area contributed by atoms with Gasteiger partial charge >= 0.3 is 12.0 Å².